The van der Waals surface area contributed by atoms with Crippen LogP contribution in [0.2, 0.25) is 0 Å². The Kier molecular flexibility index (Phi) is 2.08. The molecule has 1 saturated heterocycles. The fraction of sp³-hybridized carbons (Fsp3) is 0.500. The largest absolute Gasteiger partial charge is 0.245 e. The van der Waals surface area contributed by atoms with Crippen molar-refractivity contribution in [2.24, 2.45) is 0 Å². The van der Waals surface area contributed by atoms with Crippen LogP contribution in [0.5, 0.6) is 0 Å². The van der Waals surface area contributed by atoms with Crippen LogP contribution in [0.3, 0.4) is 0 Å². The van der Waals surface area contributed by atoms with Crippen molar-refractivity contribution in [1.82, 2.24) is 9.97 Å². The minimum atomic E-state index is 0.637. The quantitative estimate of drug-likeness (QED) is 0.638. The molecule has 1 aliphatic rings. The first-order valence-corrected chi connectivity index (χ1v) is 4.89. The van der Waals surface area contributed by atoms with Gasteiger partial charge < -0.3 is 0 Å². The van der Waals surface area contributed by atoms with Crippen LogP contribution >= 0.6 is 11.8 Å². The Morgan fingerprint density at radius 1 is 1.55 bits per heavy atom. The van der Waals surface area contributed by atoms with Crippen LogP contribution < -0.4 is 0 Å². The summed E-state index contributed by atoms with van der Waals surface area (Å²) in [5.41, 5.74) is 1.20. The van der Waals surface area contributed by atoms with Crippen LogP contribution in [0.25, 0.3) is 0 Å². The first-order valence-electron chi connectivity index (χ1n) is 3.84. The summed E-state index contributed by atoms with van der Waals surface area (Å²) in [6.07, 6.45) is 6.07. The topological polar surface area (TPSA) is 25.8 Å². The van der Waals surface area contributed by atoms with Crippen LogP contribution in [-0.4, -0.2) is 15.7 Å². The summed E-state index contributed by atoms with van der Waals surface area (Å²) in [5, 5.41) is 0.637. The van der Waals surface area contributed by atoms with E-state index in [0.717, 1.165) is 0 Å². The third-order valence-corrected chi connectivity index (χ3v) is 3.27. The molecule has 2 heterocycles. The van der Waals surface area contributed by atoms with Gasteiger partial charge in [-0.25, -0.2) is 9.97 Å². The van der Waals surface area contributed by atoms with E-state index in [4.69, 9.17) is 0 Å². The minimum absolute atomic E-state index is 0.637. The summed E-state index contributed by atoms with van der Waals surface area (Å²) in [6.45, 7) is 0. The molecule has 1 fully saturated rings. The Morgan fingerprint density at radius 3 is 3.18 bits per heavy atom. The molecule has 0 saturated carbocycles. The molecule has 0 bridgehead atoms. The van der Waals surface area contributed by atoms with Crippen molar-refractivity contribution in [3.05, 3.63) is 24.3 Å². The normalized spacial score (nSPS) is 23.8. The smallest absolute Gasteiger partial charge is 0.115 e. The standard InChI is InChI=1S/C8H10N2S/c1-2-8(11-5-1)7-3-4-9-6-10-7/h3-4,6,8H,1-2,5H2. The average molecular weight is 166 g/mol. The van der Waals surface area contributed by atoms with E-state index in [0.29, 0.717) is 5.25 Å². The van der Waals surface area contributed by atoms with E-state index < -0.39 is 0 Å². The van der Waals surface area contributed by atoms with Gasteiger partial charge in [0.2, 0.25) is 0 Å². The second kappa shape index (κ2) is 3.22. The third-order valence-electron chi connectivity index (χ3n) is 1.86. The number of nitrogens with zero attached hydrogens (tertiary/aromatic N) is 2. The molecule has 0 aliphatic carbocycles. The minimum Gasteiger partial charge on any atom is -0.245 e. The first kappa shape index (κ1) is 7.10. The Bertz CT molecular complexity index is 219. The van der Waals surface area contributed by atoms with E-state index in [-0.39, 0.29) is 0 Å². The van der Waals surface area contributed by atoms with Crippen LogP contribution in [0, 0.1) is 0 Å². The number of hydrogen-bond donors (Lipinski definition) is 0. The number of rotatable bonds is 1. The molecule has 2 nitrogen and oxygen atoms in total. The van der Waals surface area contributed by atoms with Crippen LogP contribution in [0.4, 0.5) is 0 Å². The van der Waals surface area contributed by atoms with Crippen LogP contribution in [0.15, 0.2) is 18.6 Å². The number of thioether (sulfide) groups is 1. The maximum absolute atomic E-state index is 4.23. The van der Waals surface area contributed by atoms with Gasteiger partial charge in [0.1, 0.15) is 6.33 Å². The summed E-state index contributed by atoms with van der Waals surface area (Å²) < 4.78 is 0. The molecule has 0 aromatic carbocycles. The molecule has 1 unspecified atom stereocenters. The van der Waals surface area contributed by atoms with E-state index in [1.807, 2.05) is 24.0 Å². The predicted octanol–water partition coefficient (Wildman–Crippen LogP) is 2.04. The van der Waals surface area contributed by atoms with Crippen LogP contribution in [-0.2, 0) is 0 Å². The van der Waals surface area contributed by atoms with E-state index in [2.05, 4.69) is 9.97 Å². The maximum atomic E-state index is 4.23. The summed E-state index contributed by atoms with van der Waals surface area (Å²) in [4.78, 5) is 8.13. The van der Waals surface area contributed by atoms with Gasteiger partial charge in [-0.1, -0.05) is 0 Å². The van der Waals surface area contributed by atoms with E-state index >= 15 is 0 Å². The summed E-state index contributed by atoms with van der Waals surface area (Å²) in [7, 11) is 0. The zero-order chi connectivity index (χ0) is 7.52. The van der Waals surface area contributed by atoms with Gasteiger partial charge in [0.25, 0.3) is 0 Å². The van der Waals surface area contributed by atoms with Gasteiger partial charge in [-0.05, 0) is 24.7 Å². The maximum Gasteiger partial charge on any atom is 0.115 e. The molecule has 3 heteroatoms. The highest BCUT2D eigenvalue weighted by atomic mass is 32.2. The molecular formula is C8H10N2S. The Morgan fingerprint density at radius 2 is 2.55 bits per heavy atom. The SMILES string of the molecule is c1cc(C2CCCS2)ncn1. The van der Waals surface area contributed by atoms with Gasteiger partial charge in [-0.15, -0.1) is 0 Å². The highest BCUT2D eigenvalue weighted by Gasteiger charge is 2.17. The molecule has 0 spiro atoms. The predicted molar refractivity (Wildman–Crippen MR) is 46.5 cm³/mol. The fourth-order valence-corrected chi connectivity index (χ4v) is 2.56. The lowest BCUT2D eigenvalue weighted by Gasteiger charge is -2.04. The lowest BCUT2D eigenvalue weighted by molar-refractivity contribution is 0.802. The Balaban J connectivity index is 2.16. The highest BCUT2D eigenvalue weighted by Crippen LogP contribution is 2.38. The Labute approximate surface area is 70.4 Å². The van der Waals surface area contributed by atoms with E-state index in [9.17, 15) is 0 Å². The van der Waals surface area contributed by atoms with Crippen molar-refractivity contribution in [1.29, 1.82) is 0 Å². The molecule has 1 aliphatic heterocycles. The van der Waals surface area contributed by atoms with Crippen molar-refractivity contribution < 1.29 is 0 Å². The van der Waals surface area contributed by atoms with Crippen molar-refractivity contribution in [2.75, 3.05) is 5.75 Å². The molecule has 1 atom stereocenters. The molecule has 0 amide bonds. The van der Waals surface area contributed by atoms with E-state index in [1.54, 1.807) is 6.33 Å². The van der Waals surface area contributed by atoms with E-state index in [1.165, 1.54) is 24.3 Å². The molecule has 0 N–H and O–H groups in total. The lowest BCUT2D eigenvalue weighted by Crippen LogP contribution is -1.92. The van der Waals surface area contributed by atoms with Crippen molar-refractivity contribution in [3.63, 3.8) is 0 Å². The third kappa shape index (κ3) is 1.53. The molecule has 0 radical (unpaired) electrons. The second-order valence-electron chi connectivity index (χ2n) is 2.64. The molecule has 58 valence electrons. The van der Waals surface area contributed by atoms with Gasteiger partial charge in [0.05, 0.1) is 5.69 Å². The van der Waals surface area contributed by atoms with Crippen molar-refractivity contribution in [2.45, 2.75) is 18.1 Å². The first-order chi connectivity index (χ1) is 5.47. The van der Waals surface area contributed by atoms with Crippen molar-refractivity contribution in [3.8, 4) is 0 Å². The molecular weight excluding hydrogens is 156 g/mol. The lowest BCUT2D eigenvalue weighted by atomic mass is 10.2. The van der Waals surface area contributed by atoms with Gasteiger partial charge in [-0.3, -0.25) is 0 Å². The van der Waals surface area contributed by atoms with Crippen LogP contribution in [0.1, 0.15) is 23.8 Å². The van der Waals surface area contributed by atoms with Gasteiger partial charge in [0, 0.05) is 11.4 Å². The summed E-state index contributed by atoms with van der Waals surface area (Å²) in [6, 6.07) is 2.02. The van der Waals surface area contributed by atoms with Gasteiger partial charge in [0.15, 0.2) is 0 Å². The number of aromatic nitrogens is 2. The zero-order valence-electron chi connectivity index (χ0n) is 6.23. The highest BCUT2D eigenvalue weighted by molar-refractivity contribution is 7.99. The summed E-state index contributed by atoms with van der Waals surface area (Å²) >= 11 is 2.01. The summed E-state index contributed by atoms with van der Waals surface area (Å²) in [5.74, 6) is 1.29. The second-order valence-corrected chi connectivity index (χ2v) is 3.95. The van der Waals surface area contributed by atoms with Gasteiger partial charge >= 0.3 is 0 Å². The van der Waals surface area contributed by atoms with Gasteiger partial charge in [-0.2, -0.15) is 11.8 Å². The van der Waals surface area contributed by atoms with Crippen molar-refractivity contribution >= 4 is 11.8 Å². The fourth-order valence-electron chi connectivity index (χ4n) is 1.30. The molecule has 2 rings (SSSR count). The molecule has 11 heavy (non-hydrogen) atoms. The number of hydrogen-bond acceptors (Lipinski definition) is 3. The average Bonchev–Trinajstić information content (AvgIpc) is 2.58. The monoisotopic (exact) mass is 166 g/mol. The zero-order valence-corrected chi connectivity index (χ0v) is 7.05. The Hall–Kier alpha value is -0.570. The molecule has 1 aromatic heterocycles. The molecule has 1 aromatic rings.